The highest BCUT2D eigenvalue weighted by Gasteiger charge is 2.39. The molecule has 0 aliphatic heterocycles. The molecule has 2 aromatic heterocycles. The number of amides is 1. The molecule has 0 spiro atoms. The average molecular weight is 411 g/mol. The van der Waals surface area contributed by atoms with Gasteiger partial charge in [0.25, 0.3) is 5.91 Å². The number of hydrogen-bond acceptors (Lipinski definition) is 3. The Kier molecular flexibility index (Phi) is 4.58. The van der Waals surface area contributed by atoms with E-state index >= 15 is 0 Å². The highest BCUT2D eigenvalue weighted by atomic mass is 79.9. The topological polar surface area (TPSA) is 59.8 Å². The molecule has 0 unspecified atom stereocenters. The number of pyridine rings is 1. The van der Waals surface area contributed by atoms with Crippen LogP contribution in [0.4, 0.5) is 18.9 Å². The van der Waals surface area contributed by atoms with Gasteiger partial charge in [0, 0.05) is 18.6 Å². The number of nitrogens with one attached hydrogen (secondary N) is 1. The number of benzene rings is 1. The van der Waals surface area contributed by atoms with Crippen molar-refractivity contribution in [2.24, 2.45) is 0 Å². The Morgan fingerprint density at radius 3 is 2.52 bits per heavy atom. The van der Waals surface area contributed by atoms with E-state index in [0.717, 1.165) is 10.9 Å². The van der Waals surface area contributed by atoms with Crippen molar-refractivity contribution in [3.63, 3.8) is 0 Å². The van der Waals surface area contributed by atoms with Crippen molar-refractivity contribution >= 4 is 27.5 Å². The van der Waals surface area contributed by atoms with E-state index < -0.39 is 23.3 Å². The van der Waals surface area contributed by atoms with Crippen LogP contribution >= 0.6 is 15.9 Å². The molecule has 3 rings (SSSR count). The SMILES string of the molecule is O=C(Nc1ccncc1Br)c1cn(-c2ccccc2)nc1C(F)(F)F. The molecule has 0 atom stereocenters. The third-order valence-electron chi connectivity index (χ3n) is 3.27. The molecule has 25 heavy (non-hydrogen) atoms. The van der Waals surface area contributed by atoms with Crippen LogP contribution in [0.25, 0.3) is 5.69 Å². The number of anilines is 1. The molecule has 5 nitrogen and oxygen atoms in total. The van der Waals surface area contributed by atoms with Gasteiger partial charge >= 0.3 is 6.18 Å². The van der Waals surface area contributed by atoms with Gasteiger partial charge in [-0.25, -0.2) is 4.68 Å². The van der Waals surface area contributed by atoms with E-state index in [9.17, 15) is 18.0 Å². The van der Waals surface area contributed by atoms with Gasteiger partial charge in [-0.3, -0.25) is 9.78 Å². The van der Waals surface area contributed by atoms with Gasteiger partial charge in [-0.05, 0) is 34.1 Å². The monoisotopic (exact) mass is 410 g/mol. The molecule has 0 bridgehead atoms. The summed E-state index contributed by atoms with van der Waals surface area (Å²) in [5, 5.41) is 5.97. The molecule has 128 valence electrons. The molecule has 0 aliphatic carbocycles. The zero-order valence-electron chi connectivity index (χ0n) is 12.5. The number of carbonyl (C=O) groups is 1. The van der Waals surface area contributed by atoms with Crippen molar-refractivity contribution in [3.05, 3.63) is 70.7 Å². The second-order valence-corrected chi connectivity index (χ2v) is 5.83. The first-order valence-electron chi connectivity index (χ1n) is 6.99. The van der Waals surface area contributed by atoms with Crippen LogP contribution in [-0.4, -0.2) is 20.7 Å². The van der Waals surface area contributed by atoms with E-state index in [0.29, 0.717) is 15.8 Å². The Labute approximate surface area is 148 Å². The van der Waals surface area contributed by atoms with Crippen LogP contribution in [0.1, 0.15) is 16.1 Å². The molecule has 1 aromatic carbocycles. The molecule has 0 fully saturated rings. The summed E-state index contributed by atoms with van der Waals surface area (Å²) in [6.07, 6.45) is -0.864. The first-order valence-corrected chi connectivity index (χ1v) is 7.78. The van der Waals surface area contributed by atoms with Crippen molar-refractivity contribution < 1.29 is 18.0 Å². The molecular formula is C16H10BrF3N4O. The minimum Gasteiger partial charge on any atom is -0.321 e. The number of alkyl halides is 3. The molecular weight excluding hydrogens is 401 g/mol. The van der Waals surface area contributed by atoms with Gasteiger partial charge in [0.05, 0.1) is 21.4 Å². The Hall–Kier alpha value is -2.68. The molecule has 0 radical (unpaired) electrons. The summed E-state index contributed by atoms with van der Waals surface area (Å²) in [7, 11) is 0. The number of halogens is 4. The maximum Gasteiger partial charge on any atom is 0.435 e. The molecule has 0 saturated heterocycles. The normalized spacial score (nSPS) is 11.4. The Bertz CT molecular complexity index is 909. The summed E-state index contributed by atoms with van der Waals surface area (Å²) in [6.45, 7) is 0. The number of nitrogens with zero attached hydrogens (tertiary/aromatic N) is 3. The summed E-state index contributed by atoms with van der Waals surface area (Å²) in [4.78, 5) is 16.2. The fourth-order valence-electron chi connectivity index (χ4n) is 2.13. The van der Waals surface area contributed by atoms with Crippen LogP contribution in [0, 0.1) is 0 Å². The number of carbonyl (C=O) groups excluding carboxylic acids is 1. The van der Waals surface area contributed by atoms with Crippen molar-refractivity contribution in [2.75, 3.05) is 5.32 Å². The highest BCUT2D eigenvalue weighted by molar-refractivity contribution is 9.10. The third kappa shape index (κ3) is 3.71. The average Bonchev–Trinajstić information content (AvgIpc) is 3.04. The minimum atomic E-state index is -4.76. The van der Waals surface area contributed by atoms with Crippen LogP contribution in [0.2, 0.25) is 0 Å². The molecule has 0 aliphatic rings. The van der Waals surface area contributed by atoms with Crippen molar-refractivity contribution in [3.8, 4) is 5.69 Å². The Morgan fingerprint density at radius 2 is 1.88 bits per heavy atom. The van der Waals surface area contributed by atoms with Crippen LogP contribution in [0.15, 0.2) is 59.5 Å². The van der Waals surface area contributed by atoms with E-state index in [4.69, 9.17) is 0 Å². The fraction of sp³-hybridized carbons (Fsp3) is 0.0625. The minimum absolute atomic E-state index is 0.306. The lowest BCUT2D eigenvalue weighted by molar-refractivity contribution is -0.141. The van der Waals surface area contributed by atoms with Crippen molar-refractivity contribution in [1.29, 1.82) is 0 Å². The summed E-state index contributed by atoms with van der Waals surface area (Å²) in [6, 6.07) is 9.71. The Morgan fingerprint density at radius 1 is 1.16 bits per heavy atom. The number of para-hydroxylation sites is 1. The quantitative estimate of drug-likeness (QED) is 0.699. The highest BCUT2D eigenvalue weighted by Crippen LogP contribution is 2.32. The number of rotatable bonds is 3. The summed E-state index contributed by atoms with van der Waals surface area (Å²) in [5.41, 5.74) is -1.10. The van der Waals surface area contributed by atoms with Gasteiger partial charge in [0.2, 0.25) is 0 Å². The van der Waals surface area contributed by atoms with Crippen LogP contribution < -0.4 is 5.32 Å². The van der Waals surface area contributed by atoms with E-state index in [-0.39, 0.29) is 0 Å². The van der Waals surface area contributed by atoms with Gasteiger partial charge < -0.3 is 5.32 Å². The van der Waals surface area contributed by atoms with Crippen LogP contribution in [0.5, 0.6) is 0 Å². The number of aromatic nitrogens is 3. The predicted molar refractivity (Wildman–Crippen MR) is 88.5 cm³/mol. The van der Waals surface area contributed by atoms with E-state index in [2.05, 4.69) is 31.3 Å². The predicted octanol–water partition coefficient (Wildman–Crippen LogP) is 4.30. The first kappa shape index (κ1) is 17.2. The molecule has 9 heteroatoms. The van der Waals surface area contributed by atoms with Gasteiger partial charge in [-0.15, -0.1) is 0 Å². The smallest absolute Gasteiger partial charge is 0.321 e. The fourth-order valence-corrected chi connectivity index (χ4v) is 2.48. The summed E-state index contributed by atoms with van der Waals surface area (Å²) < 4.78 is 41.3. The largest absolute Gasteiger partial charge is 0.435 e. The zero-order valence-corrected chi connectivity index (χ0v) is 14.0. The van der Waals surface area contributed by atoms with E-state index in [1.807, 2.05) is 0 Å². The summed E-state index contributed by atoms with van der Waals surface area (Å²) in [5.74, 6) is -0.915. The zero-order chi connectivity index (χ0) is 18.0. The molecule has 1 N–H and O–H groups in total. The lowest BCUT2D eigenvalue weighted by atomic mass is 10.2. The summed E-state index contributed by atoms with van der Waals surface area (Å²) >= 11 is 3.18. The second kappa shape index (κ2) is 6.67. The van der Waals surface area contributed by atoms with Gasteiger partial charge in [-0.2, -0.15) is 18.3 Å². The second-order valence-electron chi connectivity index (χ2n) is 4.98. The lowest BCUT2D eigenvalue weighted by Gasteiger charge is -2.08. The number of hydrogen-bond donors (Lipinski definition) is 1. The van der Waals surface area contributed by atoms with Gasteiger partial charge in [-0.1, -0.05) is 18.2 Å². The van der Waals surface area contributed by atoms with Gasteiger partial charge in [0.1, 0.15) is 0 Å². The van der Waals surface area contributed by atoms with Crippen molar-refractivity contribution in [2.45, 2.75) is 6.18 Å². The lowest BCUT2D eigenvalue weighted by Crippen LogP contribution is -2.18. The maximum absolute atomic E-state index is 13.3. The maximum atomic E-state index is 13.3. The molecule has 0 saturated carbocycles. The van der Waals surface area contributed by atoms with Crippen LogP contribution in [-0.2, 0) is 6.18 Å². The standard InChI is InChI=1S/C16H10BrF3N4O/c17-12-8-21-7-6-13(12)22-15(25)11-9-24(10-4-2-1-3-5-10)23-14(11)16(18,19)20/h1-9H,(H,21,22,25). The molecule has 3 aromatic rings. The van der Waals surface area contributed by atoms with Crippen LogP contribution in [0.3, 0.4) is 0 Å². The van der Waals surface area contributed by atoms with Gasteiger partial charge in [0.15, 0.2) is 5.69 Å². The molecule has 2 heterocycles. The molecule has 1 amide bonds. The van der Waals surface area contributed by atoms with Crippen molar-refractivity contribution in [1.82, 2.24) is 14.8 Å². The first-order chi connectivity index (χ1) is 11.9. The van der Waals surface area contributed by atoms with E-state index in [1.54, 1.807) is 30.3 Å². The third-order valence-corrected chi connectivity index (χ3v) is 3.90. The van der Waals surface area contributed by atoms with E-state index in [1.165, 1.54) is 18.5 Å². The Balaban J connectivity index is 2.01.